The van der Waals surface area contributed by atoms with E-state index in [1.807, 2.05) is 6.07 Å². The lowest BCUT2D eigenvalue weighted by atomic mass is 10.1. The maximum atomic E-state index is 10.2. The molecule has 0 bridgehead atoms. The number of hydrogen-bond acceptors (Lipinski definition) is 4. The van der Waals surface area contributed by atoms with E-state index in [9.17, 15) is 5.11 Å². The van der Waals surface area contributed by atoms with E-state index in [1.165, 1.54) is 0 Å². The molecule has 2 rings (SSSR count). The van der Waals surface area contributed by atoms with Crippen molar-refractivity contribution < 1.29 is 14.6 Å². The standard InChI is InChI=1S/C14H20BrNO3/c1-9-6-16(7-10(2)19-9)8-11-4-12(15)5-13(18-3)14(11)17/h4-5,9-10,17H,6-8H2,1-3H3. The van der Waals surface area contributed by atoms with Gasteiger partial charge in [0.05, 0.1) is 19.3 Å². The highest BCUT2D eigenvalue weighted by molar-refractivity contribution is 9.10. The molecule has 0 amide bonds. The number of nitrogens with zero attached hydrogens (tertiary/aromatic N) is 1. The second-order valence-corrected chi connectivity index (χ2v) is 5.98. The largest absolute Gasteiger partial charge is 0.504 e. The van der Waals surface area contributed by atoms with Crippen LogP contribution in [0.3, 0.4) is 0 Å². The zero-order valence-electron chi connectivity index (χ0n) is 11.5. The summed E-state index contributed by atoms with van der Waals surface area (Å²) < 4.78 is 11.8. The SMILES string of the molecule is COc1cc(Br)cc(CN2CC(C)OC(C)C2)c1O. The normalized spacial score (nSPS) is 24.4. The number of benzene rings is 1. The summed E-state index contributed by atoms with van der Waals surface area (Å²) in [7, 11) is 1.56. The molecule has 0 aromatic heterocycles. The summed E-state index contributed by atoms with van der Waals surface area (Å²) in [5.41, 5.74) is 0.868. The van der Waals surface area contributed by atoms with Crippen molar-refractivity contribution in [2.24, 2.45) is 0 Å². The number of hydrogen-bond donors (Lipinski definition) is 1. The summed E-state index contributed by atoms with van der Waals surface area (Å²) >= 11 is 3.44. The number of phenols is 1. The molecule has 1 aliphatic heterocycles. The van der Waals surface area contributed by atoms with Crippen molar-refractivity contribution in [3.05, 3.63) is 22.2 Å². The number of aromatic hydroxyl groups is 1. The van der Waals surface area contributed by atoms with E-state index in [0.717, 1.165) is 23.1 Å². The maximum absolute atomic E-state index is 10.2. The predicted molar refractivity (Wildman–Crippen MR) is 77.6 cm³/mol. The second-order valence-electron chi connectivity index (χ2n) is 5.07. The lowest BCUT2D eigenvalue weighted by Gasteiger charge is -2.35. The minimum Gasteiger partial charge on any atom is -0.504 e. The summed E-state index contributed by atoms with van der Waals surface area (Å²) in [4.78, 5) is 2.29. The maximum Gasteiger partial charge on any atom is 0.162 e. The van der Waals surface area contributed by atoms with E-state index in [0.29, 0.717) is 12.3 Å². The smallest absolute Gasteiger partial charge is 0.162 e. The Bertz CT molecular complexity index is 443. The summed E-state index contributed by atoms with van der Waals surface area (Å²) in [6.45, 7) is 6.59. The highest BCUT2D eigenvalue weighted by Crippen LogP contribution is 2.34. The minimum absolute atomic E-state index is 0.220. The fourth-order valence-corrected chi connectivity index (χ4v) is 3.04. The van der Waals surface area contributed by atoms with Crippen LogP contribution >= 0.6 is 15.9 Å². The molecule has 1 heterocycles. The van der Waals surface area contributed by atoms with Crippen LogP contribution in [0.25, 0.3) is 0 Å². The first-order chi connectivity index (χ1) is 8.99. The van der Waals surface area contributed by atoms with Gasteiger partial charge in [-0.25, -0.2) is 0 Å². The Morgan fingerprint density at radius 1 is 1.37 bits per heavy atom. The van der Waals surface area contributed by atoms with Crippen molar-refractivity contribution in [3.63, 3.8) is 0 Å². The molecule has 1 aliphatic rings. The van der Waals surface area contributed by atoms with Crippen LogP contribution in [-0.4, -0.2) is 42.4 Å². The van der Waals surface area contributed by atoms with Crippen molar-refractivity contribution in [1.82, 2.24) is 4.90 Å². The van der Waals surface area contributed by atoms with Crippen molar-refractivity contribution in [2.45, 2.75) is 32.6 Å². The molecule has 0 radical (unpaired) electrons. The zero-order valence-corrected chi connectivity index (χ0v) is 13.1. The third-order valence-corrected chi connectivity index (χ3v) is 3.69. The Morgan fingerprint density at radius 3 is 2.58 bits per heavy atom. The van der Waals surface area contributed by atoms with Crippen LogP contribution < -0.4 is 4.74 Å². The van der Waals surface area contributed by atoms with E-state index in [-0.39, 0.29) is 18.0 Å². The highest BCUT2D eigenvalue weighted by atomic mass is 79.9. The Hall–Kier alpha value is -0.780. The quantitative estimate of drug-likeness (QED) is 0.925. The van der Waals surface area contributed by atoms with Crippen LogP contribution in [0.1, 0.15) is 19.4 Å². The summed E-state index contributed by atoms with van der Waals surface area (Å²) in [6, 6.07) is 3.70. The molecule has 106 valence electrons. The first kappa shape index (κ1) is 14.6. The molecule has 0 aliphatic carbocycles. The Kier molecular flexibility index (Phi) is 4.71. The number of morpholine rings is 1. The fraction of sp³-hybridized carbons (Fsp3) is 0.571. The van der Waals surface area contributed by atoms with Crippen LogP contribution in [0, 0.1) is 0 Å². The first-order valence-corrected chi connectivity index (χ1v) is 7.22. The molecule has 1 N–H and O–H groups in total. The first-order valence-electron chi connectivity index (χ1n) is 6.42. The number of phenolic OH excluding ortho intramolecular Hbond substituents is 1. The van der Waals surface area contributed by atoms with Gasteiger partial charge >= 0.3 is 0 Å². The van der Waals surface area contributed by atoms with E-state index >= 15 is 0 Å². The van der Waals surface area contributed by atoms with Crippen molar-refractivity contribution in [3.8, 4) is 11.5 Å². The van der Waals surface area contributed by atoms with Gasteiger partial charge in [-0.05, 0) is 26.0 Å². The van der Waals surface area contributed by atoms with Gasteiger partial charge in [0.15, 0.2) is 11.5 Å². The van der Waals surface area contributed by atoms with Gasteiger partial charge < -0.3 is 14.6 Å². The number of rotatable bonds is 3. The molecule has 19 heavy (non-hydrogen) atoms. The molecule has 0 saturated carbocycles. The van der Waals surface area contributed by atoms with E-state index in [4.69, 9.17) is 9.47 Å². The van der Waals surface area contributed by atoms with E-state index in [1.54, 1.807) is 13.2 Å². The average molecular weight is 330 g/mol. The van der Waals surface area contributed by atoms with Gasteiger partial charge in [0, 0.05) is 29.7 Å². The van der Waals surface area contributed by atoms with Crippen molar-refractivity contribution in [2.75, 3.05) is 20.2 Å². The summed E-state index contributed by atoms with van der Waals surface area (Å²) in [6.07, 6.45) is 0.444. The Morgan fingerprint density at radius 2 is 2.00 bits per heavy atom. The molecular weight excluding hydrogens is 310 g/mol. The van der Waals surface area contributed by atoms with Crippen molar-refractivity contribution in [1.29, 1.82) is 0 Å². The Balaban J connectivity index is 2.16. The second kappa shape index (κ2) is 6.11. The average Bonchev–Trinajstić information content (AvgIpc) is 2.32. The predicted octanol–water partition coefficient (Wildman–Crippen LogP) is 2.77. The molecule has 2 unspecified atom stereocenters. The summed E-state index contributed by atoms with van der Waals surface area (Å²) in [5.74, 6) is 0.719. The van der Waals surface area contributed by atoms with Gasteiger partial charge in [0.1, 0.15) is 0 Å². The highest BCUT2D eigenvalue weighted by Gasteiger charge is 2.23. The van der Waals surface area contributed by atoms with Gasteiger partial charge in [-0.3, -0.25) is 4.90 Å². The molecule has 1 fully saturated rings. The Labute approximate surface area is 122 Å². The van der Waals surface area contributed by atoms with Crippen LogP contribution in [0.15, 0.2) is 16.6 Å². The monoisotopic (exact) mass is 329 g/mol. The number of ether oxygens (including phenoxy) is 2. The van der Waals surface area contributed by atoms with Gasteiger partial charge in [-0.15, -0.1) is 0 Å². The third kappa shape index (κ3) is 3.61. The van der Waals surface area contributed by atoms with Crippen LogP contribution in [0.4, 0.5) is 0 Å². The molecule has 1 saturated heterocycles. The van der Waals surface area contributed by atoms with Gasteiger partial charge in [0.2, 0.25) is 0 Å². The molecule has 0 spiro atoms. The minimum atomic E-state index is 0.220. The van der Waals surface area contributed by atoms with Gasteiger partial charge in [0.25, 0.3) is 0 Å². The lowest BCUT2D eigenvalue weighted by molar-refractivity contribution is -0.0706. The summed E-state index contributed by atoms with van der Waals surface area (Å²) in [5, 5.41) is 10.2. The molecule has 1 aromatic rings. The fourth-order valence-electron chi connectivity index (χ4n) is 2.56. The van der Waals surface area contributed by atoms with Gasteiger partial charge in [-0.1, -0.05) is 15.9 Å². The van der Waals surface area contributed by atoms with Gasteiger partial charge in [-0.2, -0.15) is 0 Å². The number of methoxy groups -OCH3 is 1. The van der Waals surface area contributed by atoms with Crippen LogP contribution in [0.2, 0.25) is 0 Å². The zero-order chi connectivity index (χ0) is 14.0. The lowest BCUT2D eigenvalue weighted by Crippen LogP contribution is -2.44. The molecule has 4 nitrogen and oxygen atoms in total. The number of halogens is 1. The van der Waals surface area contributed by atoms with Crippen LogP contribution in [0.5, 0.6) is 11.5 Å². The van der Waals surface area contributed by atoms with E-state index < -0.39 is 0 Å². The van der Waals surface area contributed by atoms with E-state index in [2.05, 4.69) is 34.7 Å². The third-order valence-electron chi connectivity index (χ3n) is 3.23. The molecule has 5 heteroatoms. The molecule has 2 atom stereocenters. The molecule has 1 aromatic carbocycles. The molecular formula is C14H20BrNO3. The topological polar surface area (TPSA) is 41.9 Å². The van der Waals surface area contributed by atoms with Crippen molar-refractivity contribution >= 4 is 15.9 Å². The van der Waals surface area contributed by atoms with Crippen LogP contribution in [-0.2, 0) is 11.3 Å².